The summed E-state index contributed by atoms with van der Waals surface area (Å²) in [5, 5.41) is 3.02. The highest BCUT2D eigenvalue weighted by Crippen LogP contribution is 2.19. The van der Waals surface area contributed by atoms with E-state index in [4.69, 9.17) is 5.73 Å². The van der Waals surface area contributed by atoms with Gasteiger partial charge in [-0.05, 0) is 23.1 Å². The lowest BCUT2D eigenvalue weighted by molar-refractivity contribution is -0.122. The van der Waals surface area contributed by atoms with Crippen LogP contribution in [0.2, 0.25) is 0 Å². The number of rotatable bonds is 6. The van der Waals surface area contributed by atoms with Crippen LogP contribution in [0, 0.1) is 0 Å². The Labute approximate surface area is 126 Å². The van der Waals surface area contributed by atoms with Crippen LogP contribution in [0.1, 0.15) is 36.0 Å². The number of hydrogen-bond acceptors (Lipinski definition) is 2. The van der Waals surface area contributed by atoms with Crippen LogP contribution in [0.15, 0.2) is 54.6 Å². The Hall–Kier alpha value is -2.13. The van der Waals surface area contributed by atoms with Crippen LogP contribution < -0.4 is 11.1 Å². The van der Waals surface area contributed by atoms with Gasteiger partial charge in [0, 0.05) is 13.1 Å². The van der Waals surface area contributed by atoms with Gasteiger partial charge in [-0.15, -0.1) is 0 Å². The van der Waals surface area contributed by atoms with E-state index in [2.05, 4.69) is 5.32 Å². The third kappa shape index (κ3) is 4.17. The Balaban J connectivity index is 2.00. The van der Waals surface area contributed by atoms with Crippen molar-refractivity contribution in [1.29, 1.82) is 0 Å². The fourth-order valence-electron chi connectivity index (χ4n) is 2.44. The fraction of sp³-hybridized carbons (Fsp3) is 0.278. The summed E-state index contributed by atoms with van der Waals surface area (Å²) in [7, 11) is 0. The van der Waals surface area contributed by atoms with E-state index in [1.165, 1.54) is 0 Å². The molecule has 1 atom stereocenters. The molecule has 1 amide bonds. The summed E-state index contributed by atoms with van der Waals surface area (Å²) >= 11 is 0. The van der Waals surface area contributed by atoms with Gasteiger partial charge in [0.2, 0.25) is 5.91 Å². The summed E-state index contributed by atoms with van der Waals surface area (Å²) in [4.78, 5) is 12.4. The van der Waals surface area contributed by atoms with E-state index >= 15 is 0 Å². The largest absolute Gasteiger partial charge is 0.351 e. The third-order valence-electron chi connectivity index (χ3n) is 3.62. The van der Waals surface area contributed by atoms with Gasteiger partial charge in [0.15, 0.2) is 0 Å². The maximum Gasteiger partial charge on any atom is 0.227 e. The molecule has 0 bridgehead atoms. The topological polar surface area (TPSA) is 55.1 Å². The van der Waals surface area contributed by atoms with E-state index < -0.39 is 0 Å². The molecule has 0 radical (unpaired) electrons. The second kappa shape index (κ2) is 7.60. The molecule has 2 aromatic rings. The third-order valence-corrected chi connectivity index (χ3v) is 3.62. The first kappa shape index (κ1) is 15.3. The van der Waals surface area contributed by atoms with Gasteiger partial charge in [-0.1, -0.05) is 61.5 Å². The van der Waals surface area contributed by atoms with Gasteiger partial charge < -0.3 is 11.1 Å². The van der Waals surface area contributed by atoms with Gasteiger partial charge >= 0.3 is 0 Å². The van der Waals surface area contributed by atoms with Crippen LogP contribution in [0.4, 0.5) is 0 Å². The van der Waals surface area contributed by atoms with Crippen LogP contribution in [0.3, 0.4) is 0 Å². The predicted molar refractivity (Wildman–Crippen MR) is 85.7 cm³/mol. The van der Waals surface area contributed by atoms with Crippen LogP contribution >= 0.6 is 0 Å². The molecule has 0 aliphatic carbocycles. The lowest BCUT2D eigenvalue weighted by Crippen LogP contribution is -2.28. The van der Waals surface area contributed by atoms with Crippen molar-refractivity contribution in [3.05, 3.63) is 71.3 Å². The maximum atomic E-state index is 12.4. The van der Waals surface area contributed by atoms with Crippen molar-refractivity contribution >= 4 is 5.91 Å². The van der Waals surface area contributed by atoms with Gasteiger partial charge in [-0.2, -0.15) is 0 Å². The van der Waals surface area contributed by atoms with E-state index in [0.717, 1.165) is 23.1 Å². The van der Waals surface area contributed by atoms with Gasteiger partial charge in [-0.25, -0.2) is 0 Å². The summed E-state index contributed by atoms with van der Waals surface area (Å²) in [5.74, 6) is -0.0225. The lowest BCUT2D eigenvalue weighted by Gasteiger charge is -2.15. The standard InChI is InChI=1S/C18H22N2O/c1-2-17(16-9-4-3-5-10-16)18(21)20-13-15-8-6-7-14(11-15)12-19/h3-11,17H,2,12-13,19H2,1H3,(H,20,21). The first-order chi connectivity index (χ1) is 10.2. The number of amides is 1. The first-order valence-electron chi connectivity index (χ1n) is 7.35. The molecule has 0 aliphatic heterocycles. The number of carbonyl (C=O) groups excluding carboxylic acids is 1. The van der Waals surface area contributed by atoms with Crippen LogP contribution in [0.25, 0.3) is 0 Å². The molecule has 3 heteroatoms. The molecule has 3 nitrogen and oxygen atoms in total. The molecule has 0 fully saturated rings. The predicted octanol–water partition coefficient (Wildman–Crippen LogP) is 2.96. The SMILES string of the molecule is CCC(C(=O)NCc1cccc(CN)c1)c1ccccc1. The molecule has 2 rings (SSSR count). The molecular formula is C18H22N2O. The zero-order chi connectivity index (χ0) is 15.1. The van der Waals surface area contributed by atoms with Crippen LogP contribution in [0.5, 0.6) is 0 Å². The summed E-state index contributed by atoms with van der Waals surface area (Å²) in [6, 6.07) is 17.9. The number of carbonyl (C=O) groups is 1. The molecular weight excluding hydrogens is 260 g/mol. The Bertz CT molecular complexity index is 581. The van der Waals surface area contributed by atoms with Gasteiger partial charge in [0.05, 0.1) is 5.92 Å². The van der Waals surface area contributed by atoms with Crippen molar-refractivity contribution in [3.63, 3.8) is 0 Å². The molecule has 0 aromatic heterocycles. The molecule has 110 valence electrons. The van der Waals surface area contributed by atoms with Crippen molar-refractivity contribution in [3.8, 4) is 0 Å². The molecule has 0 saturated heterocycles. The van der Waals surface area contributed by atoms with E-state index in [1.807, 2.05) is 61.5 Å². The monoisotopic (exact) mass is 282 g/mol. The van der Waals surface area contributed by atoms with Gasteiger partial charge in [0.1, 0.15) is 0 Å². The second-order valence-corrected chi connectivity index (χ2v) is 5.11. The average molecular weight is 282 g/mol. The van der Waals surface area contributed by atoms with Crippen molar-refractivity contribution in [1.82, 2.24) is 5.32 Å². The van der Waals surface area contributed by atoms with E-state index in [-0.39, 0.29) is 11.8 Å². The minimum atomic E-state index is -0.0936. The number of hydrogen-bond donors (Lipinski definition) is 2. The first-order valence-corrected chi connectivity index (χ1v) is 7.35. The lowest BCUT2D eigenvalue weighted by atomic mass is 9.95. The van der Waals surface area contributed by atoms with Gasteiger partial charge in [0.25, 0.3) is 0 Å². The summed E-state index contributed by atoms with van der Waals surface area (Å²) in [6.07, 6.45) is 0.790. The van der Waals surface area contributed by atoms with Gasteiger partial charge in [-0.3, -0.25) is 4.79 Å². The zero-order valence-corrected chi connectivity index (χ0v) is 12.4. The zero-order valence-electron chi connectivity index (χ0n) is 12.4. The molecule has 2 aromatic carbocycles. The Kier molecular flexibility index (Phi) is 5.52. The highest BCUT2D eigenvalue weighted by atomic mass is 16.1. The van der Waals surface area contributed by atoms with E-state index in [9.17, 15) is 4.79 Å². The number of benzene rings is 2. The summed E-state index contributed by atoms with van der Waals surface area (Å²) in [5.41, 5.74) is 8.85. The van der Waals surface area contributed by atoms with Crippen molar-refractivity contribution in [2.75, 3.05) is 0 Å². The molecule has 0 aliphatic rings. The van der Waals surface area contributed by atoms with Crippen LogP contribution in [-0.2, 0) is 17.9 Å². The van der Waals surface area contributed by atoms with Crippen LogP contribution in [-0.4, -0.2) is 5.91 Å². The molecule has 21 heavy (non-hydrogen) atoms. The van der Waals surface area contributed by atoms with Crippen molar-refractivity contribution < 1.29 is 4.79 Å². The molecule has 0 spiro atoms. The minimum absolute atomic E-state index is 0.0712. The Morgan fingerprint density at radius 3 is 2.48 bits per heavy atom. The maximum absolute atomic E-state index is 12.4. The molecule has 3 N–H and O–H groups in total. The fourth-order valence-corrected chi connectivity index (χ4v) is 2.44. The highest BCUT2D eigenvalue weighted by molar-refractivity contribution is 5.83. The van der Waals surface area contributed by atoms with E-state index in [0.29, 0.717) is 13.1 Å². The minimum Gasteiger partial charge on any atom is -0.351 e. The smallest absolute Gasteiger partial charge is 0.227 e. The normalized spacial score (nSPS) is 11.9. The number of nitrogens with one attached hydrogen (secondary N) is 1. The summed E-state index contributed by atoms with van der Waals surface area (Å²) in [6.45, 7) is 3.09. The molecule has 0 saturated carbocycles. The van der Waals surface area contributed by atoms with Crippen molar-refractivity contribution in [2.24, 2.45) is 5.73 Å². The molecule has 1 unspecified atom stereocenters. The Morgan fingerprint density at radius 1 is 1.10 bits per heavy atom. The van der Waals surface area contributed by atoms with E-state index in [1.54, 1.807) is 0 Å². The van der Waals surface area contributed by atoms with Crippen molar-refractivity contribution in [2.45, 2.75) is 32.4 Å². The quantitative estimate of drug-likeness (QED) is 0.856. The Morgan fingerprint density at radius 2 is 1.81 bits per heavy atom. The summed E-state index contributed by atoms with van der Waals surface area (Å²) < 4.78 is 0. The second-order valence-electron chi connectivity index (χ2n) is 5.11. The molecule has 0 heterocycles. The highest BCUT2D eigenvalue weighted by Gasteiger charge is 2.17. The average Bonchev–Trinajstić information content (AvgIpc) is 2.55. The number of nitrogens with two attached hydrogens (primary N) is 1.